The van der Waals surface area contributed by atoms with E-state index >= 15 is 0 Å². The van der Waals surface area contributed by atoms with E-state index in [1.807, 2.05) is 0 Å². The summed E-state index contributed by atoms with van der Waals surface area (Å²) in [6.07, 6.45) is 1.40. The minimum absolute atomic E-state index is 0.0940. The Balaban J connectivity index is 2.66. The van der Waals surface area contributed by atoms with Crippen molar-refractivity contribution in [3.63, 3.8) is 0 Å². The Morgan fingerprint density at radius 1 is 1.05 bits per heavy atom. The van der Waals surface area contributed by atoms with Crippen molar-refractivity contribution in [2.45, 2.75) is 27.3 Å². The molecule has 0 heterocycles. The Hall–Kier alpha value is 0.580. The smallest absolute Gasteiger partial charge is 0.160 e. The maximum atomic E-state index is 12.2. The number of hydrogen-bond acceptors (Lipinski definition) is 2. The highest BCUT2D eigenvalue weighted by atomic mass is 80.0. The van der Waals surface area contributed by atoms with Crippen molar-refractivity contribution in [2.75, 3.05) is 0 Å². The number of carbonyl (C=O) groups is 2. The average molecular weight is 508 g/mol. The summed E-state index contributed by atoms with van der Waals surface area (Å²) in [7, 11) is 0. The summed E-state index contributed by atoms with van der Waals surface area (Å²) in [5, 5.41) is 0.760. The molecule has 1 aromatic rings. The van der Waals surface area contributed by atoms with Crippen LogP contribution in [0, 0.1) is 0 Å². The Morgan fingerprint density at radius 2 is 1.60 bits per heavy atom. The molecule has 0 unspecified atom stereocenters. The van der Waals surface area contributed by atoms with Crippen LogP contribution in [0.15, 0.2) is 12.1 Å². The Morgan fingerprint density at radius 3 is 2.10 bits per heavy atom. The molecule has 20 heavy (non-hydrogen) atoms. The van der Waals surface area contributed by atoms with Crippen molar-refractivity contribution in [1.29, 1.82) is 0 Å². The van der Waals surface area contributed by atoms with Gasteiger partial charge in [0.1, 0.15) is 17.5 Å². The molecule has 0 bridgehead atoms. The number of benzene rings is 1. The molecule has 0 saturated heterocycles. The summed E-state index contributed by atoms with van der Waals surface area (Å²) < 4.78 is -0.797. The minimum atomic E-state index is -0.810. The van der Waals surface area contributed by atoms with E-state index in [4.69, 9.17) is 23.2 Å². The number of Topliss-reactive ketones (excluding diaryl/α,β-unsaturated/α-hetero) is 2. The van der Waals surface area contributed by atoms with Gasteiger partial charge in [-0.2, -0.15) is 0 Å². The van der Waals surface area contributed by atoms with Gasteiger partial charge in [0.15, 0.2) is 2.14 Å². The zero-order valence-electron chi connectivity index (χ0n) is 10.1. The Bertz CT molecular complexity index is 566. The number of hydrogen-bond donors (Lipinski definition) is 0. The third-order valence-electron chi connectivity index (χ3n) is 3.18. The van der Waals surface area contributed by atoms with Crippen LogP contribution in [0.25, 0.3) is 0 Å². The first kappa shape index (κ1) is 16.9. The van der Waals surface area contributed by atoms with Crippen molar-refractivity contribution >= 4 is 82.6 Å². The van der Waals surface area contributed by atoms with Crippen LogP contribution >= 0.6 is 71.0 Å². The fraction of sp³-hybridized carbons (Fsp3) is 0.385. The molecule has 2 rings (SSSR count). The zero-order valence-corrected chi connectivity index (χ0v) is 16.3. The number of alkyl halides is 3. The Labute approximate surface area is 152 Å². The third kappa shape index (κ3) is 3.49. The van der Waals surface area contributed by atoms with E-state index in [1.165, 1.54) is 0 Å². The number of rotatable bonds is 1. The number of ketones is 2. The van der Waals surface area contributed by atoms with E-state index < -0.39 is 8.06 Å². The topological polar surface area (TPSA) is 34.1 Å². The maximum Gasteiger partial charge on any atom is 0.160 e. The molecule has 1 aliphatic carbocycles. The molecule has 0 spiro atoms. The van der Waals surface area contributed by atoms with Crippen LogP contribution in [0.4, 0.5) is 0 Å². The molecular weight excluding hydrogens is 499 g/mol. The second-order valence-electron chi connectivity index (χ2n) is 4.57. The normalized spacial score (nSPS) is 17.6. The highest BCUT2D eigenvalue weighted by Crippen LogP contribution is 2.50. The van der Waals surface area contributed by atoms with Gasteiger partial charge >= 0.3 is 0 Å². The van der Waals surface area contributed by atoms with Gasteiger partial charge in [-0.1, -0.05) is 71.0 Å². The first-order valence-corrected chi connectivity index (χ1v) is 8.97. The average Bonchev–Trinajstić information content (AvgIpc) is 2.29. The van der Waals surface area contributed by atoms with Gasteiger partial charge in [-0.05, 0) is 29.7 Å². The van der Waals surface area contributed by atoms with E-state index in [1.54, 1.807) is 12.1 Å². The van der Waals surface area contributed by atoms with Crippen molar-refractivity contribution in [1.82, 2.24) is 0 Å². The van der Waals surface area contributed by atoms with Crippen LogP contribution in [-0.2, 0) is 11.7 Å². The molecule has 0 N–H and O–H groups in total. The van der Waals surface area contributed by atoms with Crippen LogP contribution < -0.4 is 0 Å². The van der Waals surface area contributed by atoms with Gasteiger partial charge < -0.3 is 0 Å². The minimum Gasteiger partial charge on any atom is -0.299 e. The van der Waals surface area contributed by atoms with E-state index in [-0.39, 0.29) is 11.6 Å². The SMILES string of the molecule is O=C1CCCC(=O)C1c1c(Cl)cc(Cl)cc1C(Br)(Br)Br. The van der Waals surface area contributed by atoms with Crippen molar-refractivity contribution in [3.8, 4) is 0 Å². The first-order chi connectivity index (χ1) is 9.21. The summed E-state index contributed by atoms with van der Waals surface area (Å²) in [4.78, 5) is 24.3. The van der Waals surface area contributed by atoms with E-state index in [0.29, 0.717) is 40.4 Å². The number of halogens is 5. The molecule has 0 radical (unpaired) electrons. The lowest BCUT2D eigenvalue weighted by atomic mass is 9.80. The zero-order chi connectivity index (χ0) is 15.1. The lowest BCUT2D eigenvalue weighted by Gasteiger charge is -2.26. The van der Waals surface area contributed by atoms with Crippen LogP contribution in [0.3, 0.4) is 0 Å². The highest BCUT2D eigenvalue weighted by molar-refractivity contribution is 9.38. The van der Waals surface area contributed by atoms with Crippen LogP contribution in [0.1, 0.15) is 36.3 Å². The maximum absolute atomic E-state index is 12.2. The van der Waals surface area contributed by atoms with Gasteiger partial charge in [0.25, 0.3) is 0 Å². The summed E-state index contributed by atoms with van der Waals surface area (Å²) in [5.41, 5.74) is 1.14. The summed E-state index contributed by atoms with van der Waals surface area (Å²) in [6.45, 7) is 0. The Kier molecular flexibility index (Phi) is 5.39. The van der Waals surface area contributed by atoms with E-state index in [0.717, 1.165) is 0 Å². The van der Waals surface area contributed by atoms with Crippen molar-refractivity contribution < 1.29 is 9.59 Å². The van der Waals surface area contributed by atoms with Crippen LogP contribution in [0.2, 0.25) is 10.0 Å². The molecule has 0 aliphatic heterocycles. The molecule has 0 aromatic heterocycles. The van der Waals surface area contributed by atoms with Gasteiger partial charge in [0, 0.05) is 22.9 Å². The van der Waals surface area contributed by atoms with Gasteiger partial charge in [-0.3, -0.25) is 9.59 Å². The molecule has 1 saturated carbocycles. The predicted molar refractivity (Wildman–Crippen MR) is 91.5 cm³/mol. The fourth-order valence-corrected chi connectivity index (χ4v) is 3.93. The van der Waals surface area contributed by atoms with Gasteiger partial charge in [0.2, 0.25) is 0 Å². The molecule has 0 amide bonds. The molecule has 2 nitrogen and oxygen atoms in total. The monoisotopic (exact) mass is 504 g/mol. The number of carbonyl (C=O) groups excluding carboxylic acids is 2. The van der Waals surface area contributed by atoms with Gasteiger partial charge in [-0.15, -0.1) is 0 Å². The van der Waals surface area contributed by atoms with Crippen molar-refractivity contribution in [2.24, 2.45) is 0 Å². The lowest BCUT2D eigenvalue weighted by Crippen LogP contribution is -2.28. The summed E-state index contributed by atoms with van der Waals surface area (Å²) >= 11 is 22.5. The molecule has 7 heteroatoms. The lowest BCUT2D eigenvalue weighted by molar-refractivity contribution is -0.131. The molecule has 1 aliphatic rings. The first-order valence-electron chi connectivity index (χ1n) is 5.83. The van der Waals surface area contributed by atoms with Crippen LogP contribution in [0.5, 0.6) is 0 Å². The van der Waals surface area contributed by atoms with Gasteiger partial charge in [-0.25, -0.2) is 0 Å². The largest absolute Gasteiger partial charge is 0.299 e. The second kappa shape index (κ2) is 6.37. The molecule has 1 aromatic carbocycles. The van der Waals surface area contributed by atoms with E-state index in [2.05, 4.69) is 47.8 Å². The third-order valence-corrected chi connectivity index (χ3v) is 4.99. The second-order valence-corrected chi connectivity index (χ2v) is 12.2. The summed E-state index contributed by atoms with van der Waals surface area (Å²) in [6, 6.07) is 3.23. The van der Waals surface area contributed by atoms with Crippen LogP contribution in [-0.4, -0.2) is 11.6 Å². The van der Waals surface area contributed by atoms with Crippen molar-refractivity contribution in [3.05, 3.63) is 33.3 Å². The molecular formula is C13H9Br3Cl2O2. The highest BCUT2D eigenvalue weighted by Gasteiger charge is 2.38. The fourth-order valence-electron chi connectivity index (χ4n) is 2.34. The quantitative estimate of drug-likeness (QED) is 0.361. The molecule has 0 atom stereocenters. The summed E-state index contributed by atoms with van der Waals surface area (Å²) in [5.74, 6) is -0.998. The standard InChI is InChI=1S/C13H9Br3Cl2O2/c14-13(15,16)7-4-6(17)5-8(18)11(7)12-9(19)2-1-3-10(12)20/h4-5,12H,1-3H2. The van der Waals surface area contributed by atoms with Gasteiger partial charge in [0.05, 0.1) is 0 Å². The van der Waals surface area contributed by atoms with E-state index in [9.17, 15) is 9.59 Å². The molecule has 108 valence electrons. The molecule has 1 fully saturated rings. The predicted octanol–water partition coefficient (Wildman–Crippen LogP) is 5.69.